The molecule has 2 aromatic rings. The molecule has 1 aliphatic rings. The van der Waals surface area contributed by atoms with E-state index in [-0.39, 0.29) is 40.4 Å². The van der Waals surface area contributed by atoms with Crippen LogP contribution in [0.25, 0.3) is 0 Å². The Labute approximate surface area is 184 Å². The van der Waals surface area contributed by atoms with Crippen molar-refractivity contribution < 1.29 is 9.59 Å². The van der Waals surface area contributed by atoms with Crippen LogP contribution in [0.2, 0.25) is 5.15 Å². The lowest BCUT2D eigenvalue weighted by atomic mass is 10.1. The molecule has 11 nitrogen and oxygen atoms in total. The number of piperidine rings is 1. The van der Waals surface area contributed by atoms with Crippen molar-refractivity contribution in [3.05, 3.63) is 41.2 Å². The Morgan fingerprint density at radius 2 is 1.81 bits per heavy atom. The van der Waals surface area contributed by atoms with E-state index in [1.54, 1.807) is 0 Å². The molecule has 0 aliphatic carbocycles. The summed E-state index contributed by atoms with van der Waals surface area (Å²) in [5, 5.41) is 16.1. The molecule has 0 bridgehead atoms. The van der Waals surface area contributed by atoms with Crippen LogP contribution < -0.4 is 27.4 Å². The van der Waals surface area contributed by atoms with Crippen LogP contribution in [-0.4, -0.2) is 58.3 Å². The first-order chi connectivity index (χ1) is 14.8. The van der Waals surface area contributed by atoms with Gasteiger partial charge in [0, 0.05) is 24.8 Å². The lowest BCUT2D eigenvalue weighted by molar-refractivity contribution is -0.117. The van der Waals surface area contributed by atoms with Gasteiger partial charge in [0.2, 0.25) is 5.91 Å². The highest BCUT2D eigenvalue weighted by molar-refractivity contribution is 6.31. The number of hydrogen-bond acceptors (Lipinski definition) is 8. The standard InChI is InChI=1S/C19H24ClN9O2/c20-15-17(22)27-16(21)14(26-15)18(31)28-19(23)25-12-6-8-29(9-7-12)10-13(30)24-11-4-2-1-3-5-11/h1-5,12H,6-10H2,(H,24,30)(H4,21,22,27)(H3,23,25,28,31). The lowest BCUT2D eigenvalue weighted by Crippen LogP contribution is -2.50. The number of nitrogen functional groups attached to an aromatic ring is 2. The number of aromatic nitrogens is 2. The number of nitrogens with two attached hydrogens (primary N) is 2. The summed E-state index contributed by atoms with van der Waals surface area (Å²) in [4.78, 5) is 34.1. The first-order valence-corrected chi connectivity index (χ1v) is 10.0. The van der Waals surface area contributed by atoms with Crippen LogP contribution in [0.3, 0.4) is 0 Å². The van der Waals surface area contributed by atoms with E-state index >= 15 is 0 Å². The Kier molecular flexibility index (Phi) is 7.21. The fraction of sp³-hybridized carbons (Fsp3) is 0.316. The van der Waals surface area contributed by atoms with Crippen molar-refractivity contribution in [1.29, 1.82) is 5.41 Å². The highest BCUT2D eigenvalue weighted by Gasteiger charge is 2.23. The fourth-order valence-corrected chi connectivity index (χ4v) is 3.31. The molecule has 1 aromatic heterocycles. The molecule has 0 atom stereocenters. The van der Waals surface area contributed by atoms with Gasteiger partial charge in [-0.3, -0.25) is 25.2 Å². The van der Waals surface area contributed by atoms with Crippen LogP contribution in [0, 0.1) is 5.41 Å². The topological polar surface area (TPSA) is 175 Å². The second kappa shape index (κ2) is 10.0. The zero-order valence-electron chi connectivity index (χ0n) is 16.7. The van der Waals surface area contributed by atoms with Gasteiger partial charge in [0.05, 0.1) is 6.54 Å². The third-order valence-corrected chi connectivity index (χ3v) is 5.00. The second-order valence-corrected chi connectivity index (χ2v) is 7.43. The molecule has 1 fully saturated rings. The SMILES string of the molecule is N=C(NC(=O)c1nc(Cl)c(N)nc1N)NC1CCN(CC(=O)Nc2ccccc2)CC1. The maximum absolute atomic E-state index is 12.3. The molecular formula is C19H24ClN9O2. The summed E-state index contributed by atoms with van der Waals surface area (Å²) in [6.07, 6.45) is 1.43. The summed E-state index contributed by atoms with van der Waals surface area (Å²) in [7, 11) is 0. The van der Waals surface area contributed by atoms with Crippen LogP contribution in [0.15, 0.2) is 30.3 Å². The van der Waals surface area contributed by atoms with E-state index in [1.165, 1.54) is 0 Å². The van der Waals surface area contributed by atoms with E-state index in [0.29, 0.717) is 32.5 Å². The zero-order chi connectivity index (χ0) is 22.4. The smallest absolute Gasteiger partial charge is 0.280 e. The summed E-state index contributed by atoms with van der Waals surface area (Å²) in [6.45, 7) is 1.67. The number of benzene rings is 1. The maximum atomic E-state index is 12.3. The Hall–Kier alpha value is -3.44. The number of para-hydroxylation sites is 1. The molecule has 0 saturated carbocycles. The average Bonchev–Trinajstić information content (AvgIpc) is 2.72. The number of amides is 2. The number of rotatable bonds is 5. The number of halogens is 1. The molecule has 1 saturated heterocycles. The molecule has 3 rings (SSSR count). The van der Waals surface area contributed by atoms with Gasteiger partial charge in [-0.05, 0) is 25.0 Å². The predicted molar refractivity (Wildman–Crippen MR) is 119 cm³/mol. The highest BCUT2D eigenvalue weighted by Crippen LogP contribution is 2.17. The molecule has 2 amide bonds. The van der Waals surface area contributed by atoms with E-state index in [2.05, 4.69) is 25.9 Å². The minimum absolute atomic E-state index is 0.0142. The van der Waals surface area contributed by atoms with Crippen molar-refractivity contribution in [2.75, 3.05) is 36.4 Å². The Morgan fingerprint density at radius 3 is 2.48 bits per heavy atom. The van der Waals surface area contributed by atoms with Crippen molar-refractivity contribution >= 4 is 46.7 Å². The first-order valence-electron chi connectivity index (χ1n) is 9.64. The van der Waals surface area contributed by atoms with E-state index < -0.39 is 5.91 Å². The first kappa shape index (κ1) is 22.2. The summed E-state index contributed by atoms with van der Waals surface area (Å²) in [6, 6.07) is 9.28. The Bertz CT molecular complexity index is 962. The van der Waals surface area contributed by atoms with Crippen LogP contribution in [-0.2, 0) is 4.79 Å². The number of hydrogen-bond donors (Lipinski definition) is 6. The molecule has 0 radical (unpaired) electrons. The summed E-state index contributed by atoms with van der Waals surface area (Å²) >= 11 is 5.78. The molecule has 0 spiro atoms. The number of carbonyl (C=O) groups excluding carboxylic acids is 2. The van der Waals surface area contributed by atoms with E-state index in [0.717, 1.165) is 5.69 Å². The summed E-state index contributed by atoms with van der Waals surface area (Å²) < 4.78 is 0. The van der Waals surface area contributed by atoms with Crippen LogP contribution in [0.1, 0.15) is 23.3 Å². The largest absolute Gasteiger partial charge is 0.382 e. The number of nitrogens with zero attached hydrogens (tertiary/aromatic N) is 3. The average molecular weight is 446 g/mol. The quantitative estimate of drug-likeness (QED) is 0.287. The van der Waals surface area contributed by atoms with Gasteiger partial charge in [0.15, 0.2) is 28.4 Å². The maximum Gasteiger partial charge on any atom is 0.280 e. The minimum atomic E-state index is -0.709. The second-order valence-electron chi connectivity index (χ2n) is 7.07. The van der Waals surface area contributed by atoms with Crippen LogP contribution in [0.5, 0.6) is 0 Å². The fourth-order valence-electron chi connectivity index (χ4n) is 3.18. The van der Waals surface area contributed by atoms with Gasteiger partial charge in [-0.2, -0.15) is 0 Å². The van der Waals surface area contributed by atoms with Crippen molar-refractivity contribution in [1.82, 2.24) is 25.5 Å². The molecule has 1 aromatic carbocycles. The third kappa shape index (κ3) is 6.27. The van der Waals surface area contributed by atoms with Gasteiger partial charge in [0.25, 0.3) is 5.91 Å². The number of guanidine groups is 1. The number of nitrogens with one attached hydrogen (secondary N) is 4. The molecule has 12 heteroatoms. The Morgan fingerprint density at radius 1 is 1.13 bits per heavy atom. The van der Waals surface area contributed by atoms with Gasteiger partial charge in [0.1, 0.15) is 0 Å². The van der Waals surface area contributed by atoms with Crippen molar-refractivity contribution in [2.24, 2.45) is 0 Å². The number of likely N-dealkylation sites (tertiary alicyclic amines) is 1. The van der Waals surface area contributed by atoms with Gasteiger partial charge in [-0.15, -0.1) is 0 Å². The molecule has 2 heterocycles. The van der Waals surface area contributed by atoms with E-state index in [9.17, 15) is 9.59 Å². The number of anilines is 3. The van der Waals surface area contributed by atoms with Crippen molar-refractivity contribution in [2.45, 2.75) is 18.9 Å². The van der Waals surface area contributed by atoms with Crippen LogP contribution in [0.4, 0.5) is 17.3 Å². The highest BCUT2D eigenvalue weighted by atomic mass is 35.5. The molecule has 8 N–H and O–H groups in total. The molecule has 1 aliphatic heterocycles. The van der Waals surface area contributed by atoms with Gasteiger partial charge < -0.3 is 22.1 Å². The molecule has 31 heavy (non-hydrogen) atoms. The lowest BCUT2D eigenvalue weighted by Gasteiger charge is -2.32. The Balaban J connectivity index is 1.42. The monoisotopic (exact) mass is 445 g/mol. The molecule has 0 unspecified atom stereocenters. The molecular weight excluding hydrogens is 422 g/mol. The minimum Gasteiger partial charge on any atom is -0.382 e. The summed E-state index contributed by atoms with van der Waals surface area (Å²) in [5.74, 6) is -1.21. The molecule has 164 valence electrons. The predicted octanol–water partition coefficient (Wildman–Crippen LogP) is 0.652. The third-order valence-electron chi connectivity index (χ3n) is 4.72. The zero-order valence-corrected chi connectivity index (χ0v) is 17.4. The normalized spacial score (nSPS) is 14.6. The summed E-state index contributed by atoms with van der Waals surface area (Å²) in [5.41, 5.74) is 11.7. The number of carbonyl (C=O) groups is 2. The van der Waals surface area contributed by atoms with Crippen molar-refractivity contribution in [3.8, 4) is 0 Å². The van der Waals surface area contributed by atoms with Gasteiger partial charge in [-0.1, -0.05) is 29.8 Å². The van der Waals surface area contributed by atoms with E-state index in [1.807, 2.05) is 35.2 Å². The van der Waals surface area contributed by atoms with Crippen molar-refractivity contribution in [3.63, 3.8) is 0 Å². The van der Waals surface area contributed by atoms with Crippen LogP contribution >= 0.6 is 11.6 Å². The van der Waals surface area contributed by atoms with Gasteiger partial charge in [-0.25, -0.2) is 9.97 Å². The van der Waals surface area contributed by atoms with E-state index in [4.69, 9.17) is 28.5 Å². The van der Waals surface area contributed by atoms with Gasteiger partial charge >= 0.3 is 0 Å².